The van der Waals surface area contributed by atoms with Crippen molar-refractivity contribution in [3.63, 3.8) is 0 Å². The highest BCUT2D eigenvalue weighted by Gasteiger charge is 2.11. The fraction of sp³-hybridized carbons (Fsp3) is 1.00. The van der Waals surface area contributed by atoms with E-state index < -0.39 is 0 Å². The van der Waals surface area contributed by atoms with Gasteiger partial charge in [0.25, 0.3) is 0 Å². The minimum absolute atomic E-state index is 0.318. The van der Waals surface area contributed by atoms with Crippen LogP contribution in [0.25, 0.3) is 0 Å². The number of hydrogen-bond donors (Lipinski definition) is 2. The van der Waals surface area contributed by atoms with Gasteiger partial charge in [-0.05, 0) is 31.1 Å². The van der Waals surface area contributed by atoms with Crippen molar-refractivity contribution >= 4 is 0 Å². The lowest BCUT2D eigenvalue weighted by Gasteiger charge is -2.19. The van der Waals surface area contributed by atoms with E-state index in [1.165, 1.54) is 0 Å². The third kappa shape index (κ3) is 7.03. The Labute approximate surface area is 83.1 Å². The van der Waals surface area contributed by atoms with Crippen molar-refractivity contribution in [2.24, 2.45) is 23.3 Å². The smallest absolute Gasteiger partial charge is 0.00624 e. The molecule has 0 spiro atoms. The largest absolute Gasteiger partial charge is 0.328 e. The Hall–Kier alpha value is -0.0800. The van der Waals surface area contributed by atoms with Crippen molar-refractivity contribution in [2.75, 3.05) is 0 Å². The summed E-state index contributed by atoms with van der Waals surface area (Å²) in [6, 6.07) is 0.656. The van der Waals surface area contributed by atoms with Crippen molar-refractivity contribution in [2.45, 2.75) is 59.0 Å². The minimum Gasteiger partial charge on any atom is -0.328 e. The molecule has 0 saturated carbocycles. The molecule has 4 N–H and O–H groups in total. The van der Waals surface area contributed by atoms with E-state index in [9.17, 15) is 0 Å². The first-order valence-electron chi connectivity index (χ1n) is 5.44. The maximum atomic E-state index is 5.97. The molecule has 0 aliphatic carbocycles. The summed E-state index contributed by atoms with van der Waals surface area (Å²) < 4.78 is 0. The highest BCUT2D eigenvalue weighted by molar-refractivity contribution is 4.70. The first kappa shape index (κ1) is 12.9. The van der Waals surface area contributed by atoms with Gasteiger partial charge in [0.1, 0.15) is 0 Å². The molecule has 0 aromatic rings. The Morgan fingerprint density at radius 1 is 0.923 bits per heavy atom. The van der Waals surface area contributed by atoms with Gasteiger partial charge in [0, 0.05) is 12.1 Å². The lowest BCUT2D eigenvalue weighted by Crippen LogP contribution is -2.30. The van der Waals surface area contributed by atoms with Gasteiger partial charge in [-0.3, -0.25) is 0 Å². The molecule has 0 rings (SSSR count). The van der Waals surface area contributed by atoms with Gasteiger partial charge in [0.2, 0.25) is 0 Å². The topological polar surface area (TPSA) is 52.0 Å². The van der Waals surface area contributed by atoms with E-state index in [-0.39, 0.29) is 0 Å². The normalized spacial score (nSPS) is 16.6. The maximum Gasteiger partial charge on any atom is 0.00624 e. The zero-order chi connectivity index (χ0) is 10.4. The average Bonchev–Trinajstić information content (AvgIpc) is 1.98. The van der Waals surface area contributed by atoms with Crippen LogP contribution in [0.4, 0.5) is 0 Å². The molecule has 1 unspecified atom stereocenters. The van der Waals surface area contributed by atoms with Gasteiger partial charge in [0.15, 0.2) is 0 Å². The van der Waals surface area contributed by atoms with Gasteiger partial charge in [-0.25, -0.2) is 0 Å². The lowest BCUT2D eigenvalue weighted by atomic mass is 9.94. The van der Waals surface area contributed by atoms with Crippen molar-refractivity contribution in [1.82, 2.24) is 0 Å². The lowest BCUT2D eigenvalue weighted by molar-refractivity contribution is 0.401. The maximum absolute atomic E-state index is 5.97. The third-order valence-electron chi connectivity index (χ3n) is 2.50. The summed E-state index contributed by atoms with van der Waals surface area (Å²) in [4.78, 5) is 0. The average molecular weight is 186 g/mol. The number of hydrogen-bond acceptors (Lipinski definition) is 2. The molecule has 13 heavy (non-hydrogen) atoms. The summed E-state index contributed by atoms with van der Waals surface area (Å²) in [6.45, 7) is 8.75. The molecule has 0 aromatic heterocycles. The molecule has 0 bridgehead atoms. The van der Waals surface area contributed by atoms with Crippen molar-refractivity contribution in [3.05, 3.63) is 0 Å². The van der Waals surface area contributed by atoms with E-state index in [1.807, 2.05) is 0 Å². The van der Waals surface area contributed by atoms with Gasteiger partial charge in [-0.1, -0.05) is 27.7 Å². The first-order valence-corrected chi connectivity index (χ1v) is 5.44. The summed E-state index contributed by atoms with van der Waals surface area (Å²) in [5, 5.41) is 0. The van der Waals surface area contributed by atoms with Crippen LogP contribution < -0.4 is 11.5 Å². The molecule has 0 radical (unpaired) electrons. The van der Waals surface area contributed by atoms with Crippen LogP contribution in [-0.2, 0) is 0 Å². The van der Waals surface area contributed by atoms with Gasteiger partial charge in [0.05, 0.1) is 0 Å². The Bertz CT molecular complexity index is 121. The Morgan fingerprint density at radius 3 is 1.85 bits per heavy atom. The molecular formula is C11H26N2. The molecule has 2 atom stereocenters. The van der Waals surface area contributed by atoms with E-state index in [0.717, 1.165) is 19.3 Å². The molecule has 0 heterocycles. The minimum atomic E-state index is 0.318. The molecule has 0 amide bonds. The van der Waals surface area contributed by atoms with Crippen LogP contribution >= 0.6 is 0 Å². The van der Waals surface area contributed by atoms with E-state index in [4.69, 9.17) is 11.5 Å². The van der Waals surface area contributed by atoms with Crippen molar-refractivity contribution < 1.29 is 0 Å². The standard InChI is InChI=1S/C11H26N2/c1-8(2)7-10(12)5-6-11(13)9(3)4/h8-11H,5-7,12-13H2,1-4H3/t10-,11?/m0/s1. The fourth-order valence-corrected chi connectivity index (χ4v) is 1.46. The predicted molar refractivity (Wildman–Crippen MR) is 59.5 cm³/mol. The molecule has 0 saturated heterocycles. The highest BCUT2D eigenvalue weighted by Crippen LogP contribution is 2.11. The molecule has 0 aliphatic heterocycles. The second kappa shape index (κ2) is 6.39. The van der Waals surface area contributed by atoms with Crippen LogP contribution in [0.1, 0.15) is 47.0 Å². The molecule has 0 aliphatic rings. The van der Waals surface area contributed by atoms with E-state index in [1.54, 1.807) is 0 Å². The summed E-state index contributed by atoms with van der Waals surface area (Å²) >= 11 is 0. The van der Waals surface area contributed by atoms with Crippen molar-refractivity contribution in [1.29, 1.82) is 0 Å². The van der Waals surface area contributed by atoms with E-state index >= 15 is 0 Å². The monoisotopic (exact) mass is 186 g/mol. The van der Waals surface area contributed by atoms with Crippen molar-refractivity contribution in [3.8, 4) is 0 Å². The SMILES string of the molecule is CC(C)C[C@@H](N)CCC(N)C(C)C. The molecule has 80 valence electrons. The van der Waals surface area contributed by atoms with Crippen LogP contribution in [0.5, 0.6) is 0 Å². The second-order valence-corrected chi connectivity index (χ2v) is 4.87. The summed E-state index contributed by atoms with van der Waals surface area (Å²) in [7, 11) is 0. The zero-order valence-corrected chi connectivity index (χ0v) is 9.59. The molecular weight excluding hydrogens is 160 g/mol. The summed E-state index contributed by atoms with van der Waals surface area (Å²) in [5.41, 5.74) is 11.9. The van der Waals surface area contributed by atoms with E-state index in [0.29, 0.717) is 23.9 Å². The molecule has 0 fully saturated rings. The van der Waals surface area contributed by atoms with E-state index in [2.05, 4.69) is 27.7 Å². The summed E-state index contributed by atoms with van der Waals surface area (Å²) in [5.74, 6) is 1.27. The van der Waals surface area contributed by atoms with Gasteiger partial charge in [-0.15, -0.1) is 0 Å². The van der Waals surface area contributed by atoms with Crippen LogP contribution in [-0.4, -0.2) is 12.1 Å². The zero-order valence-electron chi connectivity index (χ0n) is 9.59. The van der Waals surface area contributed by atoms with Gasteiger partial charge < -0.3 is 11.5 Å². The fourth-order valence-electron chi connectivity index (χ4n) is 1.46. The van der Waals surface area contributed by atoms with Gasteiger partial charge in [-0.2, -0.15) is 0 Å². The second-order valence-electron chi connectivity index (χ2n) is 4.87. The van der Waals surface area contributed by atoms with Crippen LogP contribution in [0.15, 0.2) is 0 Å². The summed E-state index contributed by atoms with van der Waals surface area (Å²) in [6.07, 6.45) is 3.24. The Balaban J connectivity index is 3.51. The molecule has 2 heteroatoms. The van der Waals surface area contributed by atoms with Crippen LogP contribution in [0, 0.1) is 11.8 Å². The highest BCUT2D eigenvalue weighted by atomic mass is 14.7. The number of nitrogens with two attached hydrogens (primary N) is 2. The number of rotatable bonds is 6. The van der Waals surface area contributed by atoms with Gasteiger partial charge >= 0.3 is 0 Å². The predicted octanol–water partition coefficient (Wildman–Crippen LogP) is 2.12. The first-order chi connectivity index (χ1) is 5.93. The third-order valence-corrected chi connectivity index (χ3v) is 2.50. The van der Waals surface area contributed by atoms with Crippen LogP contribution in [0.2, 0.25) is 0 Å². The Morgan fingerprint density at radius 2 is 1.46 bits per heavy atom. The van der Waals surface area contributed by atoms with Crippen LogP contribution in [0.3, 0.4) is 0 Å². The molecule has 2 nitrogen and oxygen atoms in total. The molecule has 0 aromatic carbocycles. The quantitative estimate of drug-likeness (QED) is 0.667. The Kier molecular flexibility index (Phi) is 6.35.